The van der Waals surface area contributed by atoms with Gasteiger partial charge >= 0.3 is 11.9 Å². The topological polar surface area (TPSA) is 214 Å². The predicted octanol–water partition coefficient (Wildman–Crippen LogP) is -3.02. The summed E-state index contributed by atoms with van der Waals surface area (Å²) in [5, 5.41) is 60.2. The molecule has 0 saturated carbocycles. The number of carboxylic acid groups (broad SMARTS) is 2. The highest BCUT2D eigenvalue weighted by Crippen LogP contribution is 2.10. The number of aliphatic carboxylic acids is 2. The second-order valence-corrected chi connectivity index (χ2v) is 7.21. The van der Waals surface area contributed by atoms with Crippen LogP contribution in [0.5, 0.6) is 0 Å². The monoisotopic (exact) mass is 440 g/mol. The first-order valence-corrected chi connectivity index (χ1v) is 10.1. The smallest absolute Gasteiger partial charge is 0.335 e. The van der Waals surface area contributed by atoms with Gasteiger partial charge in [-0.15, -0.1) is 0 Å². The molecule has 12 nitrogen and oxygen atoms in total. The van der Waals surface area contributed by atoms with Crippen molar-refractivity contribution in [3.05, 3.63) is 0 Å². The van der Waals surface area contributed by atoms with Gasteiger partial charge in [-0.05, 0) is 12.7 Å². The van der Waals surface area contributed by atoms with Crippen molar-refractivity contribution in [3.8, 4) is 0 Å². The first-order valence-electron chi connectivity index (χ1n) is 8.70. The van der Waals surface area contributed by atoms with E-state index < -0.39 is 66.7 Å². The number of amides is 2. The Morgan fingerprint density at radius 1 is 0.966 bits per heavy atom. The minimum Gasteiger partial charge on any atom is -0.480 e. The molecular formula is C16H28N2O10S. The summed E-state index contributed by atoms with van der Waals surface area (Å²) in [4.78, 5) is 45.9. The number of carbonyl (C=O) groups excluding carboxylic acids is 2. The van der Waals surface area contributed by atoms with Gasteiger partial charge in [-0.25, -0.2) is 9.59 Å². The number of aliphatic hydroxyl groups excluding tert-OH is 4. The van der Waals surface area contributed by atoms with E-state index in [1.807, 2.05) is 0 Å². The van der Waals surface area contributed by atoms with E-state index in [1.54, 1.807) is 13.2 Å². The average Bonchev–Trinajstić information content (AvgIpc) is 2.67. The second kappa shape index (κ2) is 13.3. The third-order valence-corrected chi connectivity index (χ3v) is 4.74. The number of aliphatic hydroxyl groups is 4. The maximum Gasteiger partial charge on any atom is 0.335 e. The molecule has 13 heteroatoms. The van der Waals surface area contributed by atoms with Crippen LogP contribution in [0.1, 0.15) is 19.8 Å². The van der Waals surface area contributed by atoms with E-state index in [4.69, 9.17) is 15.3 Å². The van der Waals surface area contributed by atoms with Crippen molar-refractivity contribution in [2.24, 2.45) is 5.92 Å². The summed E-state index contributed by atoms with van der Waals surface area (Å²) in [5.41, 5.74) is 0. The molecule has 0 aliphatic heterocycles. The minimum atomic E-state index is -2.33. The molecule has 168 valence electrons. The fourth-order valence-corrected chi connectivity index (χ4v) is 2.81. The van der Waals surface area contributed by atoms with Crippen LogP contribution in [0.2, 0.25) is 0 Å². The van der Waals surface area contributed by atoms with Crippen LogP contribution in [0.4, 0.5) is 0 Å². The first-order chi connectivity index (χ1) is 13.5. The van der Waals surface area contributed by atoms with Crippen molar-refractivity contribution in [3.63, 3.8) is 0 Å². The van der Waals surface area contributed by atoms with Gasteiger partial charge < -0.3 is 41.3 Å². The Balaban J connectivity index is 4.67. The lowest BCUT2D eigenvalue weighted by Gasteiger charge is -2.25. The minimum absolute atomic E-state index is 0.151. The van der Waals surface area contributed by atoms with Crippen molar-refractivity contribution >= 4 is 35.5 Å². The van der Waals surface area contributed by atoms with Gasteiger partial charge in [-0.3, -0.25) is 9.59 Å². The third kappa shape index (κ3) is 9.41. The number of thioether (sulfide) groups is 1. The Morgan fingerprint density at radius 3 is 2.00 bits per heavy atom. The molecule has 0 spiro atoms. The van der Waals surface area contributed by atoms with Crippen molar-refractivity contribution < 1.29 is 49.8 Å². The fraction of sp³-hybridized carbons (Fsp3) is 0.750. The van der Waals surface area contributed by atoms with Gasteiger partial charge in [0.05, 0.1) is 6.10 Å². The fourth-order valence-electron chi connectivity index (χ4n) is 2.25. The van der Waals surface area contributed by atoms with Gasteiger partial charge in [0, 0.05) is 24.6 Å². The number of hydrogen-bond acceptors (Lipinski definition) is 9. The summed E-state index contributed by atoms with van der Waals surface area (Å²) in [6.07, 6.45) is -6.75. The highest BCUT2D eigenvalue weighted by atomic mass is 32.2. The Labute approximate surface area is 171 Å². The molecule has 0 saturated heterocycles. The average molecular weight is 440 g/mol. The molecule has 0 aromatic heterocycles. The molecule has 0 aromatic rings. The number of hydrogen-bond donors (Lipinski definition) is 8. The van der Waals surface area contributed by atoms with E-state index >= 15 is 0 Å². The summed E-state index contributed by atoms with van der Waals surface area (Å²) in [6.45, 7) is 1.05. The van der Waals surface area contributed by atoms with E-state index in [0.717, 1.165) is 0 Å². The molecule has 29 heavy (non-hydrogen) atoms. The van der Waals surface area contributed by atoms with Gasteiger partial charge in [0.1, 0.15) is 18.2 Å². The van der Waals surface area contributed by atoms with E-state index in [1.165, 1.54) is 11.8 Å². The number of rotatable bonds is 14. The lowest BCUT2D eigenvalue weighted by Crippen LogP contribution is -2.51. The van der Waals surface area contributed by atoms with Gasteiger partial charge in [0.25, 0.3) is 0 Å². The van der Waals surface area contributed by atoms with Crippen LogP contribution >= 0.6 is 11.8 Å². The standard InChI is InChI=1S/C16H28N2O10S/c1-3-7(14(24)18-8(6-29-2)15(25)26)4-10(20)17-5-9(19)11(21)12(22)13(23)16(27)28/h7-9,11-13,19,21-23H,3-6H2,1-2H3,(H,17,20)(H,18,24)(H,25,26)(H,27,28)/t7-,8-,9-,11+,12-,13-/m0/s1. The zero-order chi connectivity index (χ0) is 22.7. The normalized spacial score (nSPS) is 17.3. The maximum absolute atomic E-state index is 12.2. The van der Waals surface area contributed by atoms with Crippen LogP contribution in [0, 0.1) is 5.92 Å². The molecule has 0 radical (unpaired) electrons. The molecule has 0 unspecified atom stereocenters. The van der Waals surface area contributed by atoms with Gasteiger partial charge in [0.2, 0.25) is 11.8 Å². The summed E-state index contributed by atoms with van der Waals surface area (Å²) < 4.78 is 0. The molecule has 0 aliphatic rings. The highest BCUT2D eigenvalue weighted by Gasteiger charge is 2.34. The largest absolute Gasteiger partial charge is 0.480 e. The van der Waals surface area contributed by atoms with Gasteiger partial charge in [-0.2, -0.15) is 11.8 Å². The molecule has 0 aromatic carbocycles. The van der Waals surface area contributed by atoms with Gasteiger partial charge in [0.15, 0.2) is 6.10 Å². The molecule has 0 rings (SSSR count). The maximum atomic E-state index is 12.2. The summed E-state index contributed by atoms with van der Waals surface area (Å²) in [6, 6.07) is -1.10. The van der Waals surface area contributed by atoms with E-state index in [9.17, 15) is 34.5 Å². The molecule has 0 bridgehead atoms. The third-order valence-electron chi connectivity index (χ3n) is 4.07. The van der Waals surface area contributed by atoms with Crippen molar-refractivity contribution in [2.75, 3.05) is 18.6 Å². The van der Waals surface area contributed by atoms with E-state index in [2.05, 4.69) is 10.6 Å². The van der Waals surface area contributed by atoms with Crippen LogP contribution in [-0.4, -0.2) is 103 Å². The van der Waals surface area contributed by atoms with Crippen LogP contribution in [0.25, 0.3) is 0 Å². The molecule has 0 aliphatic carbocycles. The quantitative estimate of drug-likeness (QED) is 0.136. The number of carboxylic acids is 2. The first kappa shape index (κ1) is 27.1. The summed E-state index contributed by atoms with van der Waals surface area (Å²) in [5.74, 6) is -5.00. The van der Waals surface area contributed by atoms with E-state index in [-0.39, 0.29) is 18.6 Å². The predicted molar refractivity (Wildman–Crippen MR) is 101 cm³/mol. The van der Waals surface area contributed by atoms with Crippen molar-refractivity contribution in [2.45, 2.75) is 50.2 Å². The summed E-state index contributed by atoms with van der Waals surface area (Å²) >= 11 is 1.23. The van der Waals surface area contributed by atoms with Crippen LogP contribution < -0.4 is 10.6 Å². The molecule has 2 amide bonds. The zero-order valence-corrected chi connectivity index (χ0v) is 16.8. The van der Waals surface area contributed by atoms with Crippen LogP contribution in [-0.2, 0) is 19.2 Å². The summed E-state index contributed by atoms with van der Waals surface area (Å²) in [7, 11) is 0. The number of carbonyl (C=O) groups is 4. The SMILES string of the molecule is CC[C@@H](CC(=O)NC[C@H](O)[C@@H](O)[C@H](O)[C@H](O)C(=O)O)C(=O)N[C@@H](CSC)C(=O)O. The van der Waals surface area contributed by atoms with Crippen molar-refractivity contribution in [1.82, 2.24) is 10.6 Å². The Hall–Kier alpha value is -1.93. The molecule has 0 heterocycles. The zero-order valence-electron chi connectivity index (χ0n) is 16.0. The highest BCUT2D eigenvalue weighted by molar-refractivity contribution is 7.98. The Kier molecular flexibility index (Phi) is 12.4. The Morgan fingerprint density at radius 2 is 1.55 bits per heavy atom. The number of nitrogens with one attached hydrogen (secondary N) is 2. The van der Waals surface area contributed by atoms with Crippen molar-refractivity contribution in [1.29, 1.82) is 0 Å². The molecular weight excluding hydrogens is 412 g/mol. The van der Waals surface area contributed by atoms with Crippen LogP contribution in [0.15, 0.2) is 0 Å². The molecule has 6 atom stereocenters. The second-order valence-electron chi connectivity index (χ2n) is 6.30. The van der Waals surface area contributed by atoms with Crippen LogP contribution in [0.3, 0.4) is 0 Å². The van der Waals surface area contributed by atoms with Gasteiger partial charge in [-0.1, -0.05) is 6.92 Å². The molecule has 8 N–H and O–H groups in total. The van der Waals surface area contributed by atoms with E-state index in [0.29, 0.717) is 0 Å². The Bertz CT molecular complexity index is 576. The lowest BCUT2D eigenvalue weighted by atomic mass is 10.00. The molecule has 0 fully saturated rings. The lowest BCUT2D eigenvalue weighted by molar-refractivity contribution is -0.162.